The van der Waals surface area contributed by atoms with Crippen LogP contribution in [0.5, 0.6) is 0 Å². The molecule has 1 aromatic rings. The summed E-state index contributed by atoms with van der Waals surface area (Å²) in [6.45, 7) is 4.99. The number of hydrogen-bond acceptors (Lipinski definition) is 5. The van der Waals surface area contributed by atoms with Crippen molar-refractivity contribution in [3.63, 3.8) is 0 Å². The fourth-order valence-corrected chi connectivity index (χ4v) is 3.48. The summed E-state index contributed by atoms with van der Waals surface area (Å²) in [5.41, 5.74) is 0. The first-order valence-corrected chi connectivity index (χ1v) is 8.64. The molecule has 1 aliphatic heterocycles. The fourth-order valence-electron chi connectivity index (χ4n) is 2.55. The quantitative estimate of drug-likeness (QED) is 0.766. The molecule has 8 heteroatoms. The highest BCUT2D eigenvalue weighted by Gasteiger charge is 2.24. The average molecular weight is 316 g/mol. The minimum Gasteiger partial charge on any atom is -0.377 e. The number of nitrogens with zero attached hydrogens (tertiary/aromatic N) is 4. The topological polar surface area (TPSA) is 67.7 Å². The van der Waals surface area contributed by atoms with Gasteiger partial charge < -0.3 is 4.74 Å². The van der Waals surface area contributed by atoms with Crippen LogP contribution in [-0.4, -0.2) is 66.5 Å². The van der Waals surface area contributed by atoms with Crippen molar-refractivity contribution in [3.8, 4) is 0 Å². The number of likely N-dealkylation sites (tertiary alicyclic amines) is 1. The van der Waals surface area contributed by atoms with Gasteiger partial charge in [0, 0.05) is 39.6 Å². The molecule has 0 unspecified atom stereocenters. The molecule has 2 heterocycles. The third-order valence-electron chi connectivity index (χ3n) is 3.62. The Morgan fingerprint density at radius 3 is 2.90 bits per heavy atom. The summed E-state index contributed by atoms with van der Waals surface area (Å²) in [5, 5.41) is 0. The van der Waals surface area contributed by atoms with Gasteiger partial charge in [0.1, 0.15) is 5.82 Å². The lowest BCUT2D eigenvalue weighted by Crippen LogP contribution is -2.40. The van der Waals surface area contributed by atoms with Crippen LogP contribution in [0.1, 0.15) is 25.6 Å². The lowest BCUT2D eigenvalue weighted by atomic mass is 10.1. The normalized spacial score (nSPS) is 21.0. The van der Waals surface area contributed by atoms with Crippen LogP contribution in [0, 0.1) is 0 Å². The molecule has 0 radical (unpaired) electrons. The highest BCUT2D eigenvalue weighted by Crippen LogP contribution is 2.16. The van der Waals surface area contributed by atoms with Gasteiger partial charge in [-0.3, -0.25) is 4.90 Å². The van der Waals surface area contributed by atoms with Gasteiger partial charge in [-0.05, 0) is 26.3 Å². The van der Waals surface area contributed by atoms with Crippen LogP contribution in [0.4, 0.5) is 0 Å². The SMILES string of the molecule is CCO[C@@H]1CCCN(Cc2nccn2S(=O)(=O)N(C)C)C1. The number of ether oxygens (including phenoxy) is 1. The lowest BCUT2D eigenvalue weighted by molar-refractivity contribution is 0.00293. The molecule has 2 rings (SSSR count). The van der Waals surface area contributed by atoms with Crippen molar-refractivity contribution < 1.29 is 13.2 Å². The zero-order chi connectivity index (χ0) is 15.5. The summed E-state index contributed by atoms with van der Waals surface area (Å²) in [5.74, 6) is 0.542. The predicted molar refractivity (Wildman–Crippen MR) is 80.2 cm³/mol. The van der Waals surface area contributed by atoms with E-state index in [-0.39, 0.29) is 6.10 Å². The Hall–Kier alpha value is -0.960. The van der Waals surface area contributed by atoms with Crippen LogP contribution in [0.2, 0.25) is 0 Å². The Balaban J connectivity index is 2.09. The van der Waals surface area contributed by atoms with Crippen LogP contribution >= 0.6 is 0 Å². The van der Waals surface area contributed by atoms with Crippen molar-refractivity contribution in [1.29, 1.82) is 0 Å². The van der Waals surface area contributed by atoms with E-state index in [1.54, 1.807) is 0 Å². The molecule has 0 bridgehead atoms. The van der Waals surface area contributed by atoms with Gasteiger partial charge in [0.2, 0.25) is 0 Å². The molecule has 1 aromatic heterocycles. The smallest absolute Gasteiger partial charge is 0.308 e. The van der Waals surface area contributed by atoms with Crippen molar-refractivity contribution in [2.24, 2.45) is 0 Å². The van der Waals surface area contributed by atoms with E-state index in [2.05, 4.69) is 9.88 Å². The second kappa shape index (κ2) is 6.87. The van der Waals surface area contributed by atoms with E-state index in [1.807, 2.05) is 6.92 Å². The van der Waals surface area contributed by atoms with Crippen LogP contribution in [0.25, 0.3) is 0 Å². The molecule has 21 heavy (non-hydrogen) atoms. The number of piperidine rings is 1. The second-order valence-electron chi connectivity index (χ2n) is 5.38. The van der Waals surface area contributed by atoms with E-state index < -0.39 is 10.2 Å². The summed E-state index contributed by atoms with van der Waals surface area (Å²) >= 11 is 0. The minimum absolute atomic E-state index is 0.234. The van der Waals surface area contributed by atoms with E-state index in [0.717, 1.165) is 25.9 Å². The molecule has 1 aliphatic rings. The molecule has 120 valence electrons. The van der Waals surface area contributed by atoms with Crippen LogP contribution in [0.15, 0.2) is 12.4 Å². The molecule has 7 nitrogen and oxygen atoms in total. The molecule has 0 N–H and O–H groups in total. The Labute approximate surface area is 126 Å². The number of rotatable bonds is 6. The van der Waals surface area contributed by atoms with E-state index in [1.165, 1.54) is 34.8 Å². The van der Waals surface area contributed by atoms with Gasteiger partial charge in [0.15, 0.2) is 0 Å². The first kappa shape index (κ1) is 16.4. The van der Waals surface area contributed by atoms with E-state index >= 15 is 0 Å². The van der Waals surface area contributed by atoms with Crippen molar-refractivity contribution >= 4 is 10.2 Å². The van der Waals surface area contributed by atoms with Gasteiger partial charge in [-0.1, -0.05) is 0 Å². The zero-order valence-corrected chi connectivity index (χ0v) is 13.7. The molecule has 0 aliphatic carbocycles. The highest BCUT2D eigenvalue weighted by atomic mass is 32.2. The summed E-state index contributed by atoms with van der Waals surface area (Å²) in [6, 6.07) is 0. The van der Waals surface area contributed by atoms with Crippen LogP contribution < -0.4 is 0 Å². The van der Waals surface area contributed by atoms with Crippen LogP contribution in [0.3, 0.4) is 0 Å². The maximum atomic E-state index is 12.2. The van der Waals surface area contributed by atoms with Crippen molar-refractivity contribution in [1.82, 2.24) is 18.2 Å². The average Bonchev–Trinajstić information content (AvgIpc) is 2.88. The predicted octanol–water partition coefficient (Wildman–Crippen LogP) is 0.539. The van der Waals surface area contributed by atoms with Crippen LogP contribution in [-0.2, 0) is 21.5 Å². The molecule has 0 spiro atoms. The van der Waals surface area contributed by atoms with Crippen molar-refractivity contribution in [2.45, 2.75) is 32.4 Å². The fraction of sp³-hybridized carbons (Fsp3) is 0.769. The largest absolute Gasteiger partial charge is 0.377 e. The molecule has 0 amide bonds. The molecule has 0 aromatic carbocycles. The monoisotopic (exact) mass is 316 g/mol. The van der Waals surface area contributed by atoms with Gasteiger partial charge in [-0.2, -0.15) is 12.7 Å². The molecule has 1 atom stereocenters. The summed E-state index contributed by atoms with van der Waals surface area (Å²) < 4.78 is 32.6. The standard InChI is InChI=1S/C13H24N4O3S/c1-4-20-12-6-5-8-16(10-12)11-13-14-7-9-17(13)21(18,19)15(2)3/h7,9,12H,4-6,8,10-11H2,1-3H3/t12-/m1/s1. The number of aromatic nitrogens is 2. The lowest BCUT2D eigenvalue weighted by Gasteiger charge is -2.32. The minimum atomic E-state index is -3.51. The Morgan fingerprint density at radius 1 is 1.48 bits per heavy atom. The molecule has 0 saturated carbocycles. The molecular formula is C13H24N4O3S. The third-order valence-corrected chi connectivity index (χ3v) is 5.37. The van der Waals surface area contributed by atoms with Gasteiger partial charge in [-0.15, -0.1) is 0 Å². The number of hydrogen-bond donors (Lipinski definition) is 0. The molecular weight excluding hydrogens is 292 g/mol. The highest BCUT2D eigenvalue weighted by molar-refractivity contribution is 7.87. The van der Waals surface area contributed by atoms with E-state index in [0.29, 0.717) is 19.0 Å². The number of imidazole rings is 1. The summed E-state index contributed by atoms with van der Waals surface area (Å²) in [7, 11) is -0.471. The molecule has 1 saturated heterocycles. The van der Waals surface area contributed by atoms with E-state index in [9.17, 15) is 8.42 Å². The Bertz CT molecular complexity index is 554. The molecule has 1 fully saturated rings. The first-order valence-electron chi connectivity index (χ1n) is 7.24. The third kappa shape index (κ3) is 3.82. The van der Waals surface area contributed by atoms with Crippen molar-refractivity contribution in [3.05, 3.63) is 18.2 Å². The van der Waals surface area contributed by atoms with Gasteiger partial charge >= 0.3 is 10.2 Å². The second-order valence-corrected chi connectivity index (χ2v) is 7.40. The van der Waals surface area contributed by atoms with Crippen molar-refractivity contribution in [2.75, 3.05) is 33.8 Å². The van der Waals surface area contributed by atoms with Gasteiger partial charge in [-0.25, -0.2) is 8.96 Å². The maximum absolute atomic E-state index is 12.2. The Morgan fingerprint density at radius 2 is 2.24 bits per heavy atom. The van der Waals surface area contributed by atoms with Gasteiger partial charge in [0.05, 0.1) is 12.6 Å². The maximum Gasteiger partial charge on any atom is 0.308 e. The Kier molecular flexibility index (Phi) is 5.37. The van der Waals surface area contributed by atoms with Gasteiger partial charge in [0.25, 0.3) is 0 Å². The first-order chi connectivity index (χ1) is 9.95. The summed E-state index contributed by atoms with van der Waals surface area (Å²) in [4.78, 5) is 6.41. The zero-order valence-electron chi connectivity index (χ0n) is 12.9. The summed E-state index contributed by atoms with van der Waals surface area (Å²) in [6.07, 6.45) is 5.38. The van der Waals surface area contributed by atoms with E-state index in [4.69, 9.17) is 4.74 Å².